The molecule has 81 valence electrons. The zero-order valence-electron chi connectivity index (χ0n) is 8.98. The molecular weight excluding hydrogens is 203 g/mol. The summed E-state index contributed by atoms with van der Waals surface area (Å²) in [6.07, 6.45) is -0.112. The molecule has 0 saturated heterocycles. The van der Waals surface area contributed by atoms with Crippen LogP contribution in [-0.2, 0) is 0 Å². The van der Waals surface area contributed by atoms with Crippen molar-refractivity contribution in [2.45, 2.75) is 13.0 Å². The Kier molecular flexibility index (Phi) is 3.20. The minimum Gasteiger partial charge on any atom is -0.485 e. The van der Waals surface area contributed by atoms with Crippen LogP contribution in [0.5, 0.6) is 5.75 Å². The fourth-order valence-corrected chi connectivity index (χ4v) is 1.47. The van der Waals surface area contributed by atoms with Gasteiger partial charge < -0.3 is 4.74 Å². The van der Waals surface area contributed by atoms with E-state index in [0.29, 0.717) is 5.75 Å². The predicted octanol–water partition coefficient (Wildman–Crippen LogP) is 3.77. The summed E-state index contributed by atoms with van der Waals surface area (Å²) in [5.74, 6) is 0.116. The van der Waals surface area contributed by atoms with Crippen molar-refractivity contribution in [2.24, 2.45) is 0 Å². The van der Waals surface area contributed by atoms with Gasteiger partial charge in [-0.3, -0.25) is 0 Å². The Bertz CT molecular complexity index is 453. The predicted molar refractivity (Wildman–Crippen MR) is 60.7 cm³/mol. The van der Waals surface area contributed by atoms with Gasteiger partial charge >= 0.3 is 0 Å². The van der Waals surface area contributed by atoms with Crippen LogP contribution in [-0.4, -0.2) is 0 Å². The lowest BCUT2D eigenvalue weighted by Gasteiger charge is -2.14. The van der Waals surface area contributed by atoms with Crippen LogP contribution in [0.3, 0.4) is 0 Å². The molecule has 2 rings (SSSR count). The molecule has 2 aromatic rings. The fraction of sp³-hybridized carbons (Fsp3) is 0.143. The van der Waals surface area contributed by atoms with Gasteiger partial charge in [0.25, 0.3) is 0 Å². The van der Waals surface area contributed by atoms with Crippen molar-refractivity contribution < 1.29 is 9.13 Å². The van der Waals surface area contributed by atoms with Crippen LogP contribution in [0.4, 0.5) is 4.39 Å². The van der Waals surface area contributed by atoms with Gasteiger partial charge in [-0.05, 0) is 24.6 Å². The van der Waals surface area contributed by atoms with Gasteiger partial charge in [-0.2, -0.15) is 0 Å². The fourth-order valence-electron chi connectivity index (χ4n) is 1.47. The molecule has 0 spiro atoms. The SMILES string of the molecule is CC(Oc1[c]ccc(F)c1)c1ccccc1. The van der Waals surface area contributed by atoms with Crippen LogP contribution in [0, 0.1) is 11.9 Å². The van der Waals surface area contributed by atoms with E-state index in [1.165, 1.54) is 18.2 Å². The van der Waals surface area contributed by atoms with Crippen LogP contribution in [0.25, 0.3) is 0 Å². The van der Waals surface area contributed by atoms with Gasteiger partial charge in [0.05, 0.1) is 0 Å². The molecule has 0 heterocycles. The molecule has 0 aromatic heterocycles. The first-order chi connectivity index (χ1) is 7.75. The van der Waals surface area contributed by atoms with Gasteiger partial charge in [0.2, 0.25) is 0 Å². The topological polar surface area (TPSA) is 9.23 Å². The smallest absolute Gasteiger partial charge is 0.131 e. The lowest BCUT2D eigenvalue weighted by atomic mass is 10.1. The van der Waals surface area contributed by atoms with Crippen molar-refractivity contribution >= 4 is 0 Å². The second kappa shape index (κ2) is 4.79. The van der Waals surface area contributed by atoms with Crippen LogP contribution < -0.4 is 4.74 Å². The molecule has 0 aliphatic rings. The van der Waals surface area contributed by atoms with E-state index in [2.05, 4.69) is 6.07 Å². The van der Waals surface area contributed by atoms with Crippen molar-refractivity contribution in [3.8, 4) is 5.75 Å². The molecular formula is C14H12FO. The standard InChI is InChI=1S/C14H12FO/c1-11(12-6-3-2-4-7-12)16-14-9-5-8-13(15)10-14/h2-8,10-11H,1H3. The molecule has 1 radical (unpaired) electrons. The summed E-state index contributed by atoms with van der Waals surface area (Å²) < 4.78 is 18.5. The summed E-state index contributed by atoms with van der Waals surface area (Å²) in [5.41, 5.74) is 1.06. The number of rotatable bonds is 3. The van der Waals surface area contributed by atoms with E-state index in [4.69, 9.17) is 4.74 Å². The third-order valence-electron chi connectivity index (χ3n) is 2.31. The maximum atomic E-state index is 12.9. The summed E-state index contributed by atoms with van der Waals surface area (Å²) in [6.45, 7) is 1.92. The summed E-state index contributed by atoms with van der Waals surface area (Å²) in [4.78, 5) is 0. The number of halogens is 1. The van der Waals surface area contributed by atoms with Gasteiger partial charge in [-0.25, -0.2) is 4.39 Å². The maximum absolute atomic E-state index is 12.9. The highest BCUT2D eigenvalue weighted by atomic mass is 19.1. The molecule has 0 N–H and O–H groups in total. The molecule has 1 nitrogen and oxygen atoms in total. The van der Waals surface area contributed by atoms with Crippen molar-refractivity contribution in [1.82, 2.24) is 0 Å². The highest BCUT2D eigenvalue weighted by Gasteiger charge is 2.06. The summed E-state index contributed by atoms with van der Waals surface area (Å²) >= 11 is 0. The van der Waals surface area contributed by atoms with Crippen LogP contribution >= 0.6 is 0 Å². The molecule has 2 aromatic carbocycles. The lowest BCUT2D eigenvalue weighted by molar-refractivity contribution is 0.225. The number of hydrogen-bond acceptors (Lipinski definition) is 1. The third-order valence-corrected chi connectivity index (χ3v) is 2.31. The number of benzene rings is 2. The second-order valence-electron chi connectivity index (χ2n) is 3.54. The van der Waals surface area contributed by atoms with Gasteiger partial charge in [0, 0.05) is 12.1 Å². The van der Waals surface area contributed by atoms with Gasteiger partial charge in [0.1, 0.15) is 17.7 Å². The zero-order valence-corrected chi connectivity index (χ0v) is 8.98. The highest BCUT2D eigenvalue weighted by molar-refractivity contribution is 5.23. The van der Waals surface area contributed by atoms with E-state index >= 15 is 0 Å². The Morgan fingerprint density at radius 1 is 1.19 bits per heavy atom. The molecule has 0 aliphatic carbocycles. The van der Waals surface area contributed by atoms with E-state index in [-0.39, 0.29) is 11.9 Å². The lowest BCUT2D eigenvalue weighted by Crippen LogP contribution is -2.02. The first kappa shape index (κ1) is 10.7. The van der Waals surface area contributed by atoms with Gasteiger partial charge in [-0.15, -0.1) is 0 Å². The molecule has 0 aliphatic heterocycles. The average Bonchev–Trinajstić information content (AvgIpc) is 2.30. The van der Waals surface area contributed by atoms with Crippen LogP contribution in [0.15, 0.2) is 48.5 Å². The monoisotopic (exact) mass is 215 g/mol. The van der Waals surface area contributed by atoms with Gasteiger partial charge in [-0.1, -0.05) is 30.3 Å². The van der Waals surface area contributed by atoms with E-state index in [0.717, 1.165) is 5.56 Å². The number of ether oxygens (including phenoxy) is 1. The first-order valence-corrected chi connectivity index (χ1v) is 5.14. The molecule has 0 saturated carbocycles. The van der Waals surface area contributed by atoms with Gasteiger partial charge in [0.15, 0.2) is 0 Å². The third kappa shape index (κ3) is 2.60. The summed E-state index contributed by atoms with van der Waals surface area (Å²) in [6, 6.07) is 16.8. The molecule has 16 heavy (non-hydrogen) atoms. The zero-order chi connectivity index (χ0) is 11.4. The molecule has 0 amide bonds. The highest BCUT2D eigenvalue weighted by Crippen LogP contribution is 2.21. The molecule has 0 fully saturated rings. The largest absolute Gasteiger partial charge is 0.485 e. The van der Waals surface area contributed by atoms with E-state index in [1.807, 2.05) is 37.3 Å². The molecule has 1 unspecified atom stereocenters. The van der Waals surface area contributed by atoms with Crippen molar-refractivity contribution in [3.63, 3.8) is 0 Å². The van der Waals surface area contributed by atoms with Crippen molar-refractivity contribution in [2.75, 3.05) is 0 Å². The van der Waals surface area contributed by atoms with Crippen LogP contribution in [0.2, 0.25) is 0 Å². The summed E-state index contributed by atoms with van der Waals surface area (Å²) in [7, 11) is 0. The molecule has 1 atom stereocenters. The minimum absolute atomic E-state index is 0.112. The number of hydrogen-bond donors (Lipinski definition) is 0. The molecule has 2 heteroatoms. The van der Waals surface area contributed by atoms with E-state index < -0.39 is 0 Å². The molecule has 0 bridgehead atoms. The Labute approximate surface area is 94.5 Å². The normalized spacial score (nSPS) is 12.1. The maximum Gasteiger partial charge on any atom is 0.131 e. The van der Waals surface area contributed by atoms with Crippen molar-refractivity contribution in [1.29, 1.82) is 0 Å². The van der Waals surface area contributed by atoms with E-state index in [9.17, 15) is 4.39 Å². The Morgan fingerprint density at radius 2 is 1.94 bits per heavy atom. The second-order valence-corrected chi connectivity index (χ2v) is 3.54. The Hall–Kier alpha value is -1.83. The Balaban J connectivity index is 2.11. The minimum atomic E-state index is -0.311. The summed E-state index contributed by atoms with van der Waals surface area (Å²) in [5, 5.41) is 0. The van der Waals surface area contributed by atoms with Crippen LogP contribution in [0.1, 0.15) is 18.6 Å². The van der Waals surface area contributed by atoms with Crippen molar-refractivity contribution in [3.05, 3.63) is 66.0 Å². The van der Waals surface area contributed by atoms with E-state index in [1.54, 1.807) is 0 Å². The average molecular weight is 215 g/mol. The Morgan fingerprint density at radius 3 is 2.62 bits per heavy atom. The quantitative estimate of drug-likeness (QED) is 0.757. The first-order valence-electron chi connectivity index (χ1n) is 5.14.